The number of anilines is 3. The Labute approximate surface area is 182 Å². The van der Waals surface area contributed by atoms with E-state index in [1.807, 2.05) is 24.3 Å². The molecule has 0 radical (unpaired) electrons. The van der Waals surface area contributed by atoms with E-state index in [4.69, 9.17) is 16.3 Å². The van der Waals surface area contributed by atoms with Crippen molar-refractivity contribution in [3.05, 3.63) is 47.5 Å². The number of amides is 1. The fraction of sp³-hybridized carbons (Fsp3) is 0.381. The number of rotatable bonds is 7. The summed E-state index contributed by atoms with van der Waals surface area (Å²) in [4.78, 5) is 15.2. The average molecular weight is 452 g/mol. The number of hydrogen-bond acceptors (Lipinski definition) is 5. The first-order valence-electron chi connectivity index (χ1n) is 9.69. The van der Waals surface area contributed by atoms with Gasteiger partial charge in [-0.1, -0.05) is 11.6 Å². The van der Waals surface area contributed by atoms with E-state index in [-0.39, 0.29) is 5.69 Å². The Bertz CT molecular complexity index is 1010. The summed E-state index contributed by atoms with van der Waals surface area (Å²) < 4.78 is 31.4. The molecular weight excluding hydrogens is 426 g/mol. The Balaban J connectivity index is 1.82. The normalized spacial score (nSPS) is 15.0. The monoisotopic (exact) mass is 451 g/mol. The summed E-state index contributed by atoms with van der Waals surface area (Å²) in [5.74, 6) is -0.157. The van der Waals surface area contributed by atoms with Gasteiger partial charge in [0.05, 0.1) is 19.1 Å². The van der Waals surface area contributed by atoms with Gasteiger partial charge >= 0.3 is 0 Å². The first-order valence-corrected chi connectivity index (χ1v) is 11.9. The number of halogens is 1. The van der Waals surface area contributed by atoms with E-state index >= 15 is 0 Å². The smallest absolute Gasteiger partial charge is 0.247 e. The van der Waals surface area contributed by atoms with Gasteiger partial charge in [-0.15, -0.1) is 0 Å². The van der Waals surface area contributed by atoms with Crippen LogP contribution in [0, 0.1) is 0 Å². The van der Waals surface area contributed by atoms with Crippen LogP contribution in [0.5, 0.6) is 5.75 Å². The van der Waals surface area contributed by atoms with Gasteiger partial charge < -0.3 is 15.0 Å². The Morgan fingerprint density at radius 3 is 2.37 bits per heavy atom. The molecule has 2 aromatic carbocycles. The summed E-state index contributed by atoms with van der Waals surface area (Å²) in [6, 6.07) is 11.2. The molecule has 1 aliphatic rings. The van der Waals surface area contributed by atoms with Crippen molar-refractivity contribution in [3.63, 3.8) is 0 Å². The second kappa shape index (κ2) is 9.14. The van der Waals surface area contributed by atoms with Crippen LogP contribution in [-0.2, 0) is 14.8 Å². The lowest BCUT2D eigenvalue weighted by Gasteiger charge is -2.29. The molecule has 1 aliphatic heterocycles. The van der Waals surface area contributed by atoms with E-state index in [9.17, 15) is 13.2 Å². The third kappa shape index (κ3) is 4.99. The van der Waals surface area contributed by atoms with Gasteiger partial charge in [-0.3, -0.25) is 9.10 Å². The molecule has 0 unspecified atom stereocenters. The molecule has 1 N–H and O–H groups in total. The van der Waals surface area contributed by atoms with Crippen molar-refractivity contribution in [2.45, 2.75) is 25.8 Å². The number of ether oxygens (including phenoxy) is 1. The number of hydrogen-bond donors (Lipinski definition) is 1. The van der Waals surface area contributed by atoms with Crippen molar-refractivity contribution in [2.24, 2.45) is 0 Å². The number of benzene rings is 2. The fourth-order valence-electron chi connectivity index (χ4n) is 3.59. The van der Waals surface area contributed by atoms with Crippen LogP contribution >= 0.6 is 11.6 Å². The minimum atomic E-state index is -3.79. The van der Waals surface area contributed by atoms with Gasteiger partial charge in [0.2, 0.25) is 15.9 Å². The van der Waals surface area contributed by atoms with Crippen molar-refractivity contribution in [1.29, 1.82) is 0 Å². The van der Waals surface area contributed by atoms with Crippen LogP contribution in [0.15, 0.2) is 42.5 Å². The second-order valence-corrected chi connectivity index (χ2v) is 9.58. The predicted octanol–water partition coefficient (Wildman–Crippen LogP) is 3.74. The maximum atomic E-state index is 12.9. The SMILES string of the molecule is COc1ccc(Cl)cc1N([C@@H](C)C(=O)Nc1ccc(N2CCCC2)cc1)S(C)(=O)=O. The van der Waals surface area contributed by atoms with Gasteiger partial charge in [0.15, 0.2) is 0 Å². The highest BCUT2D eigenvalue weighted by Crippen LogP contribution is 2.34. The predicted molar refractivity (Wildman–Crippen MR) is 121 cm³/mol. The van der Waals surface area contributed by atoms with Crippen molar-refractivity contribution in [2.75, 3.05) is 41.0 Å². The molecule has 1 heterocycles. The topological polar surface area (TPSA) is 79.0 Å². The lowest BCUT2D eigenvalue weighted by molar-refractivity contribution is -0.116. The van der Waals surface area contributed by atoms with Crippen LogP contribution in [-0.4, -0.2) is 46.8 Å². The van der Waals surface area contributed by atoms with E-state index in [1.54, 1.807) is 12.1 Å². The zero-order valence-corrected chi connectivity index (χ0v) is 18.8. The van der Waals surface area contributed by atoms with Gasteiger partial charge in [-0.2, -0.15) is 0 Å². The third-order valence-electron chi connectivity index (χ3n) is 5.07. The summed E-state index contributed by atoms with van der Waals surface area (Å²) in [5.41, 5.74) is 1.92. The van der Waals surface area contributed by atoms with E-state index in [2.05, 4.69) is 10.2 Å². The van der Waals surface area contributed by atoms with Crippen LogP contribution in [0.2, 0.25) is 5.02 Å². The molecule has 0 spiro atoms. The molecular formula is C21H26ClN3O4S. The molecule has 0 saturated carbocycles. The maximum absolute atomic E-state index is 12.9. The maximum Gasteiger partial charge on any atom is 0.247 e. The van der Waals surface area contributed by atoms with Crippen molar-refractivity contribution < 1.29 is 17.9 Å². The Morgan fingerprint density at radius 1 is 1.17 bits per heavy atom. The number of carbonyl (C=O) groups excluding carboxylic acids is 1. The van der Waals surface area contributed by atoms with E-state index in [1.165, 1.54) is 32.9 Å². The average Bonchev–Trinajstić information content (AvgIpc) is 3.22. The van der Waals surface area contributed by atoms with Crippen molar-refractivity contribution in [1.82, 2.24) is 0 Å². The minimum absolute atomic E-state index is 0.208. The number of methoxy groups -OCH3 is 1. The third-order valence-corrected chi connectivity index (χ3v) is 6.54. The molecule has 0 aliphatic carbocycles. The van der Waals surface area contributed by atoms with Gasteiger partial charge in [0.25, 0.3) is 0 Å². The standard InChI is InChI=1S/C21H26ClN3O4S/c1-15(25(30(3,27)28)19-14-16(22)6-11-20(19)29-2)21(26)23-17-7-9-18(10-8-17)24-12-4-5-13-24/h6-11,14-15H,4-5,12-13H2,1-3H3,(H,23,26)/t15-/m0/s1. The number of carbonyl (C=O) groups is 1. The summed E-state index contributed by atoms with van der Waals surface area (Å²) in [5, 5.41) is 3.13. The second-order valence-electron chi connectivity index (χ2n) is 7.28. The summed E-state index contributed by atoms with van der Waals surface area (Å²) in [6.45, 7) is 3.59. The molecule has 1 saturated heterocycles. The molecule has 7 nitrogen and oxygen atoms in total. The highest BCUT2D eigenvalue weighted by Gasteiger charge is 2.31. The molecule has 0 aromatic heterocycles. The number of sulfonamides is 1. The van der Waals surface area contributed by atoms with Crippen molar-refractivity contribution in [3.8, 4) is 5.75 Å². The summed E-state index contributed by atoms with van der Waals surface area (Å²) >= 11 is 6.07. The molecule has 1 fully saturated rings. The zero-order chi connectivity index (χ0) is 21.9. The zero-order valence-electron chi connectivity index (χ0n) is 17.3. The molecule has 1 atom stereocenters. The lowest BCUT2D eigenvalue weighted by atomic mass is 10.2. The van der Waals surface area contributed by atoms with Gasteiger partial charge in [-0.25, -0.2) is 8.42 Å². The molecule has 162 valence electrons. The van der Waals surface area contributed by atoms with Crippen molar-refractivity contribution >= 4 is 44.6 Å². The highest BCUT2D eigenvalue weighted by atomic mass is 35.5. The van der Waals surface area contributed by atoms with Gasteiger partial charge in [0, 0.05) is 29.5 Å². The van der Waals surface area contributed by atoms with Gasteiger partial charge in [0.1, 0.15) is 11.8 Å². The largest absolute Gasteiger partial charge is 0.495 e. The lowest BCUT2D eigenvalue weighted by Crippen LogP contribution is -2.45. The Kier molecular flexibility index (Phi) is 6.77. The first kappa shape index (κ1) is 22.2. The molecule has 0 bridgehead atoms. The molecule has 30 heavy (non-hydrogen) atoms. The first-order chi connectivity index (χ1) is 14.2. The number of nitrogens with zero attached hydrogens (tertiary/aromatic N) is 2. The van der Waals surface area contributed by atoms with Gasteiger partial charge in [-0.05, 0) is 62.2 Å². The van der Waals surface area contributed by atoms with Crippen LogP contribution in [0.25, 0.3) is 0 Å². The van der Waals surface area contributed by atoms with E-state index in [0.717, 1.165) is 29.3 Å². The van der Waals surface area contributed by atoms with Crippen LogP contribution in [0.1, 0.15) is 19.8 Å². The quantitative estimate of drug-likeness (QED) is 0.693. The number of nitrogens with one attached hydrogen (secondary N) is 1. The summed E-state index contributed by atoms with van der Waals surface area (Å²) in [6.07, 6.45) is 3.41. The molecule has 1 amide bonds. The fourth-order valence-corrected chi connectivity index (χ4v) is 4.93. The minimum Gasteiger partial charge on any atom is -0.495 e. The van der Waals surface area contributed by atoms with E-state index < -0.39 is 22.0 Å². The van der Waals surface area contributed by atoms with E-state index in [0.29, 0.717) is 16.5 Å². The summed E-state index contributed by atoms with van der Waals surface area (Å²) in [7, 11) is -2.36. The van der Waals surface area contributed by atoms with Crippen LogP contribution in [0.4, 0.5) is 17.1 Å². The molecule has 3 rings (SSSR count). The highest BCUT2D eigenvalue weighted by molar-refractivity contribution is 7.92. The Hall–Kier alpha value is -2.45. The Morgan fingerprint density at radius 2 is 1.80 bits per heavy atom. The van der Waals surface area contributed by atoms with Crippen LogP contribution < -0.4 is 19.3 Å². The molecule has 9 heteroatoms. The molecule has 2 aromatic rings. The van der Waals surface area contributed by atoms with Crippen LogP contribution in [0.3, 0.4) is 0 Å².